The van der Waals surface area contributed by atoms with Gasteiger partial charge in [-0.15, -0.1) is 0 Å². The maximum absolute atomic E-state index is 16.1. The van der Waals surface area contributed by atoms with Crippen LogP contribution in [-0.4, -0.2) is 33.0 Å². The number of hydrogen-bond acceptors (Lipinski definition) is 4. The van der Waals surface area contributed by atoms with E-state index in [-0.39, 0.29) is 23.2 Å². The van der Waals surface area contributed by atoms with Gasteiger partial charge in [0.15, 0.2) is 0 Å². The Bertz CT molecular complexity index is 1900. The van der Waals surface area contributed by atoms with E-state index in [1.165, 1.54) is 12.8 Å². The first-order valence-electron chi connectivity index (χ1n) is 15.6. The van der Waals surface area contributed by atoms with Gasteiger partial charge in [0.2, 0.25) is 0 Å². The Hall–Kier alpha value is -3.88. The Morgan fingerprint density at radius 1 is 0.860 bits per heavy atom. The van der Waals surface area contributed by atoms with Crippen molar-refractivity contribution in [1.82, 2.24) is 30.6 Å². The summed E-state index contributed by atoms with van der Waals surface area (Å²) >= 11 is 0. The SMILES string of the molecule is CC[C@@H]1CCN[C@@H]1c1nc2ccc(-c3ccc4c(c3)C(F)(F)c3cc(-c5cnc([C@@H]6CC7(CC7)CN6)[nH]5)ccc3-4)cc2[nH]1. The predicted octanol–water partition coefficient (Wildman–Crippen LogP) is 7.62. The summed E-state index contributed by atoms with van der Waals surface area (Å²) in [5.74, 6) is -0.681. The molecule has 9 rings (SSSR count). The number of imidazole rings is 2. The molecule has 1 spiro atoms. The van der Waals surface area contributed by atoms with E-state index in [1.807, 2.05) is 42.5 Å². The third-order valence-corrected chi connectivity index (χ3v) is 10.6. The standard InChI is InChI=1S/C35H34F2N6/c1-2-19-9-12-38-31(19)33-41-27-8-5-21(15-28(27)42-33)20-3-6-23-24-7-4-22(14-26(24)35(36,37)25(23)13-20)30-17-39-32(43-30)29-16-34(10-11-34)18-40-29/h3-8,13-15,17,19,29,31,38,40H,2,9-12,16,18H2,1H3,(H,39,43)(H,41,42)/t19-,29+,31+/m1/s1. The Balaban J connectivity index is 1.02. The lowest BCUT2D eigenvalue weighted by atomic mass is 9.97. The van der Waals surface area contributed by atoms with Crippen molar-refractivity contribution < 1.29 is 8.78 Å². The second-order valence-electron chi connectivity index (χ2n) is 13.2. The van der Waals surface area contributed by atoms with E-state index in [0.717, 1.165) is 77.4 Å². The number of H-pyrrole nitrogens is 2. The minimum atomic E-state index is -3.10. The highest BCUT2D eigenvalue weighted by molar-refractivity contribution is 5.86. The molecule has 4 heterocycles. The lowest BCUT2D eigenvalue weighted by Crippen LogP contribution is -2.18. The first-order valence-corrected chi connectivity index (χ1v) is 15.6. The molecule has 2 aliphatic heterocycles. The quantitative estimate of drug-likeness (QED) is 0.174. The van der Waals surface area contributed by atoms with Crippen LogP contribution in [0.25, 0.3) is 44.5 Å². The number of nitrogens with zero attached hydrogens (tertiary/aromatic N) is 2. The highest BCUT2D eigenvalue weighted by Gasteiger charge is 2.49. The van der Waals surface area contributed by atoms with Gasteiger partial charge in [0, 0.05) is 23.2 Å². The lowest BCUT2D eigenvalue weighted by Gasteiger charge is -2.14. The van der Waals surface area contributed by atoms with Crippen molar-refractivity contribution in [2.75, 3.05) is 13.1 Å². The summed E-state index contributed by atoms with van der Waals surface area (Å²) in [6.07, 6.45) is 7.68. The van der Waals surface area contributed by atoms with Crippen LogP contribution in [0.5, 0.6) is 0 Å². The van der Waals surface area contributed by atoms with E-state index in [9.17, 15) is 0 Å². The Labute approximate surface area is 248 Å². The Kier molecular flexibility index (Phi) is 5.40. The van der Waals surface area contributed by atoms with Crippen LogP contribution in [-0.2, 0) is 5.92 Å². The summed E-state index contributed by atoms with van der Waals surface area (Å²) in [4.78, 5) is 16.4. The van der Waals surface area contributed by atoms with E-state index in [1.54, 1.807) is 18.3 Å². The molecule has 218 valence electrons. The minimum Gasteiger partial charge on any atom is -0.341 e. The number of fused-ring (bicyclic) bond motifs is 4. The molecule has 4 aliphatic rings. The zero-order chi connectivity index (χ0) is 28.9. The molecule has 5 aromatic rings. The largest absolute Gasteiger partial charge is 0.341 e. The van der Waals surface area contributed by atoms with Crippen molar-refractivity contribution in [3.63, 3.8) is 0 Å². The van der Waals surface area contributed by atoms with Crippen LogP contribution in [0, 0.1) is 11.3 Å². The fourth-order valence-electron chi connectivity index (χ4n) is 7.77. The lowest BCUT2D eigenvalue weighted by molar-refractivity contribution is 0.0481. The molecule has 3 atom stereocenters. The zero-order valence-electron chi connectivity index (χ0n) is 24.1. The smallest absolute Gasteiger partial charge is 0.299 e. The summed E-state index contributed by atoms with van der Waals surface area (Å²) < 4.78 is 32.2. The number of rotatable bonds is 5. The minimum absolute atomic E-state index is 0.0485. The van der Waals surface area contributed by atoms with Crippen molar-refractivity contribution in [3.8, 4) is 33.5 Å². The third kappa shape index (κ3) is 3.96. The topological polar surface area (TPSA) is 81.4 Å². The van der Waals surface area contributed by atoms with Crippen molar-refractivity contribution in [1.29, 1.82) is 0 Å². The average Bonchev–Trinajstić information content (AvgIpc) is 3.58. The maximum atomic E-state index is 16.1. The number of alkyl halides is 2. The molecular formula is C35H34F2N6. The van der Waals surface area contributed by atoms with Crippen LogP contribution in [0.4, 0.5) is 8.78 Å². The molecule has 2 aliphatic carbocycles. The van der Waals surface area contributed by atoms with Crippen LogP contribution in [0.1, 0.15) is 73.9 Å². The molecular weight excluding hydrogens is 542 g/mol. The number of benzene rings is 3. The fraction of sp³-hybridized carbons (Fsp3) is 0.371. The van der Waals surface area contributed by atoms with Crippen molar-refractivity contribution in [2.45, 2.75) is 57.0 Å². The van der Waals surface area contributed by atoms with Gasteiger partial charge in [0.25, 0.3) is 5.92 Å². The number of hydrogen-bond donors (Lipinski definition) is 4. The van der Waals surface area contributed by atoms with Crippen LogP contribution in [0.15, 0.2) is 60.8 Å². The molecule has 0 unspecified atom stereocenters. The highest BCUT2D eigenvalue weighted by Crippen LogP contribution is 2.55. The van der Waals surface area contributed by atoms with E-state index in [2.05, 4.69) is 32.5 Å². The number of aromatic amines is 2. The highest BCUT2D eigenvalue weighted by atomic mass is 19.3. The van der Waals surface area contributed by atoms with E-state index in [0.29, 0.717) is 22.5 Å². The van der Waals surface area contributed by atoms with Gasteiger partial charge in [-0.1, -0.05) is 43.7 Å². The summed E-state index contributed by atoms with van der Waals surface area (Å²) in [7, 11) is 0. The molecule has 0 amide bonds. The second-order valence-corrected chi connectivity index (χ2v) is 13.2. The van der Waals surface area contributed by atoms with Crippen molar-refractivity contribution >= 4 is 11.0 Å². The van der Waals surface area contributed by atoms with Crippen LogP contribution < -0.4 is 10.6 Å². The van der Waals surface area contributed by atoms with E-state index in [4.69, 9.17) is 4.98 Å². The van der Waals surface area contributed by atoms with Crippen molar-refractivity contribution in [2.24, 2.45) is 11.3 Å². The van der Waals surface area contributed by atoms with Crippen LogP contribution in [0.3, 0.4) is 0 Å². The number of nitrogens with one attached hydrogen (secondary N) is 4. The number of aromatic nitrogens is 4. The van der Waals surface area contributed by atoms with Gasteiger partial charge in [-0.3, -0.25) is 0 Å². The van der Waals surface area contributed by atoms with Gasteiger partial charge in [-0.05, 0) is 90.1 Å². The van der Waals surface area contributed by atoms with Gasteiger partial charge in [-0.25, -0.2) is 9.97 Å². The molecule has 0 radical (unpaired) electrons. The maximum Gasteiger partial charge on any atom is 0.299 e. The summed E-state index contributed by atoms with van der Waals surface area (Å²) in [5.41, 5.74) is 6.72. The molecule has 6 nitrogen and oxygen atoms in total. The summed E-state index contributed by atoms with van der Waals surface area (Å²) in [6.45, 7) is 4.26. The van der Waals surface area contributed by atoms with E-state index >= 15 is 8.78 Å². The molecule has 43 heavy (non-hydrogen) atoms. The van der Waals surface area contributed by atoms with Gasteiger partial charge in [0.05, 0.1) is 35.0 Å². The Morgan fingerprint density at radius 3 is 2.37 bits per heavy atom. The summed E-state index contributed by atoms with van der Waals surface area (Å²) in [5, 5.41) is 7.16. The molecule has 3 fully saturated rings. The van der Waals surface area contributed by atoms with Crippen LogP contribution in [0.2, 0.25) is 0 Å². The van der Waals surface area contributed by atoms with Crippen molar-refractivity contribution in [3.05, 3.63) is 83.6 Å². The first-order chi connectivity index (χ1) is 20.9. The predicted molar refractivity (Wildman–Crippen MR) is 164 cm³/mol. The molecule has 8 heteroatoms. The normalized spacial score (nSPS) is 24.6. The zero-order valence-corrected chi connectivity index (χ0v) is 24.1. The molecule has 4 N–H and O–H groups in total. The second kappa shape index (κ2) is 9.07. The van der Waals surface area contributed by atoms with E-state index < -0.39 is 5.92 Å². The monoisotopic (exact) mass is 576 g/mol. The van der Waals surface area contributed by atoms with Gasteiger partial charge < -0.3 is 20.6 Å². The fourth-order valence-corrected chi connectivity index (χ4v) is 7.77. The molecule has 2 aromatic heterocycles. The van der Waals surface area contributed by atoms with Gasteiger partial charge >= 0.3 is 0 Å². The molecule has 1 saturated carbocycles. The van der Waals surface area contributed by atoms with Gasteiger partial charge in [-0.2, -0.15) is 8.78 Å². The Morgan fingerprint density at radius 2 is 1.60 bits per heavy atom. The molecule has 0 bridgehead atoms. The average molecular weight is 577 g/mol. The van der Waals surface area contributed by atoms with Crippen LogP contribution >= 0.6 is 0 Å². The third-order valence-electron chi connectivity index (χ3n) is 10.6. The molecule has 3 aromatic carbocycles. The molecule has 2 saturated heterocycles. The number of halogens is 2. The summed E-state index contributed by atoms with van der Waals surface area (Å²) in [6, 6.07) is 17.3. The van der Waals surface area contributed by atoms with Gasteiger partial charge in [0.1, 0.15) is 11.6 Å². The first kappa shape index (κ1) is 25.6.